The zero-order valence-corrected chi connectivity index (χ0v) is 7.26. The third-order valence-corrected chi connectivity index (χ3v) is 1.39. The summed E-state index contributed by atoms with van der Waals surface area (Å²) in [6.07, 6.45) is 1.69. The highest BCUT2D eigenvalue weighted by Gasteiger charge is 1.98. The molecule has 3 nitrogen and oxygen atoms in total. The van der Waals surface area contributed by atoms with E-state index in [2.05, 4.69) is 10.4 Å². The number of nitrogens with one attached hydrogen (secondary N) is 1. The van der Waals surface area contributed by atoms with Gasteiger partial charge in [0.15, 0.2) is 5.82 Å². The number of rotatable bonds is 2. The molecule has 0 fully saturated rings. The number of hydrogen-bond donors (Lipinski definition) is 1. The van der Waals surface area contributed by atoms with Crippen LogP contribution in [0.2, 0.25) is 5.02 Å². The summed E-state index contributed by atoms with van der Waals surface area (Å²) in [5.74, 6) is 0.680. The van der Waals surface area contributed by atoms with Gasteiger partial charge in [-0.3, -0.25) is 0 Å². The molecule has 0 saturated carbocycles. The van der Waals surface area contributed by atoms with Crippen LogP contribution in [0.5, 0.6) is 0 Å². The summed E-state index contributed by atoms with van der Waals surface area (Å²) in [4.78, 5) is 4.03. The first-order valence-corrected chi connectivity index (χ1v) is 3.62. The lowest BCUT2D eigenvalue weighted by Crippen LogP contribution is -2.20. The van der Waals surface area contributed by atoms with Gasteiger partial charge < -0.3 is 5.43 Å². The van der Waals surface area contributed by atoms with E-state index in [1.807, 2.05) is 14.1 Å². The van der Waals surface area contributed by atoms with E-state index < -0.39 is 0 Å². The Hall–Kier alpha value is -0.800. The SMILES string of the molecule is CN(C)Nc1ncccc1Cl. The zero-order valence-electron chi connectivity index (χ0n) is 6.50. The predicted molar refractivity (Wildman–Crippen MR) is 46.6 cm³/mol. The lowest BCUT2D eigenvalue weighted by molar-refractivity contribution is 0.492. The second kappa shape index (κ2) is 3.55. The summed E-state index contributed by atoms with van der Waals surface area (Å²) in [7, 11) is 3.76. The van der Waals surface area contributed by atoms with E-state index in [1.165, 1.54) is 0 Å². The second-order valence-electron chi connectivity index (χ2n) is 2.34. The van der Waals surface area contributed by atoms with Crippen molar-refractivity contribution in [2.45, 2.75) is 0 Å². The van der Waals surface area contributed by atoms with E-state index in [0.29, 0.717) is 10.8 Å². The van der Waals surface area contributed by atoms with Crippen LogP contribution >= 0.6 is 11.6 Å². The molecule has 0 atom stereocenters. The number of halogens is 1. The van der Waals surface area contributed by atoms with Crippen molar-refractivity contribution in [1.29, 1.82) is 0 Å². The Labute approximate surface area is 71.0 Å². The Bertz CT molecular complexity index is 237. The summed E-state index contributed by atoms with van der Waals surface area (Å²) in [5, 5.41) is 2.41. The Kier molecular flexibility index (Phi) is 2.68. The van der Waals surface area contributed by atoms with E-state index >= 15 is 0 Å². The molecule has 0 saturated heterocycles. The van der Waals surface area contributed by atoms with Gasteiger partial charge in [-0.2, -0.15) is 0 Å². The second-order valence-corrected chi connectivity index (χ2v) is 2.75. The highest BCUT2D eigenvalue weighted by Crippen LogP contribution is 2.16. The van der Waals surface area contributed by atoms with E-state index in [-0.39, 0.29) is 0 Å². The van der Waals surface area contributed by atoms with Gasteiger partial charge in [-0.05, 0) is 12.1 Å². The normalized spacial score (nSPS) is 10.2. The monoisotopic (exact) mass is 171 g/mol. The molecule has 0 amide bonds. The predicted octanol–water partition coefficient (Wildman–Crippen LogP) is 1.62. The van der Waals surface area contributed by atoms with Crippen LogP contribution in [0.4, 0.5) is 5.82 Å². The van der Waals surface area contributed by atoms with Crippen LogP contribution in [0.15, 0.2) is 18.3 Å². The van der Waals surface area contributed by atoms with Crippen molar-refractivity contribution in [3.05, 3.63) is 23.4 Å². The van der Waals surface area contributed by atoms with Crippen molar-refractivity contribution in [1.82, 2.24) is 9.99 Å². The molecule has 1 rings (SSSR count). The topological polar surface area (TPSA) is 28.2 Å². The minimum atomic E-state index is 0.626. The summed E-state index contributed by atoms with van der Waals surface area (Å²) in [6, 6.07) is 3.59. The van der Waals surface area contributed by atoms with Gasteiger partial charge in [0.25, 0.3) is 0 Å². The molecule has 1 N–H and O–H groups in total. The number of anilines is 1. The third kappa shape index (κ3) is 2.37. The fourth-order valence-corrected chi connectivity index (χ4v) is 0.844. The molecule has 11 heavy (non-hydrogen) atoms. The van der Waals surface area contributed by atoms with Crippen molar-refractivity contribution in [3.8, 4) is 0 Å². The molecular weight excluding hydrogens is 162 g/mol. The van der Waals surface area contributed by atoms with E-state index in [0.717, 1.165) is 0 Å². The first-order valence-electron chi connectivity index (χ1n) is 3.24. The molecule has 0 aliphatic rings. The minimum absolute atomic E-state index is 0.626. The maximum absolute atomic E-state index is 5.82. The maximum Gasteiger partial charge on any atom is 0.159 e. The molecular formula is C7H10ClN3. The molecule has 60 valence electrons. The van der Waals surface area contributed by atoms with Gasteiger partial charge in [-0.15, -0.1) is 0 Å². The van der Waals surface area contributed by atoms with Crippen LogP contribution in [0.25, 0.3) is 0 Å². The van der Waals surface area contributed by atoms with E-state index in [1.54, 1.807) is 23.3 Å². The highest BCUT2D eigenvalue weighted by atomic mass is 35.5. The van der Waals surface area contributed by atoms with Crippen molar-refractivity contribution in [2.24, 2.45) is 0 Å². The molecule has 0 bridgehead atoms. The number of hydrogen-bond acceptors (Lipinski definition) is 3. The molecule has 0 radical (unpaired) electrons. The van der Waals surface area contributed by atoms with Gasteiger partial charge in [0.2, 0.25) is 0 Å². The van der Waals surface area contributed by atoms with E-state index in [9.17, 15) is 0 Å². The average Bonchev–Trinajstić information content (AvgIpc) is 1.93. The summed E-state index contributed by atoms with van der Waals surface area (Å²) >= 11 is 5.82. The molecule has 1 heterocycles. The van der Waals surface area contributed by atoms with Crippen LogP contribution < -0.4 is 5.43 Å². The fourth-order valence-electron chi connectivity index (χ4n) is 0.680. The Balaban J connectivity index is 2.78. The van der Waals surface area contributed by atoms with Crippen LogP contribution in [-0.4, -0.2) is 24.1 Å². The highest BCUT2D eigenvalue weighted by molar-refractivity contribution is 6.32. The molecule has 0 spiro atoms. The standard InChI is InChI=1S/C7H10ClN3/c1-11(2)10-7-6(8)4-3-5-9-7/h3-5H,1-2H3,(H,9,10). The summed E-state index contributed by atoms with van der Waals surface area (Å²) in [6.45, 7) is 0. The van der Waals surface area contributed by atoms with Crippen molar-refractivity contribution in [3.63, 3.8) is 0 Å². The zero-order chi connectivity index (χ0) is 8.27. The van der Waals surface area contributed by atoms with Crippen LogP contribution in [0.1, 0.15) is 0 Å². The molecule has 1 aromatic heterocycles. The van der Waals surface area contributed by atoms with Gasteiger partial charge in [-0.1, -0.05) is 11.6 Å². The number of aromatic nitrogens is 1. The largest absolute Gasteiger partial charge is 0.302 e. The van der Waals surface area contributed by atoms with Crippen molar-refractivity contribution >= 4 is 17.4 Å². The number of hydrazine groups is 1. The van der Waals surface area contributed by atoms with Gasteiger partial charge in [0, 0.05) is 20.3 Å². The van der Waals surface area contributed by atoms with Crippen LogP contribution in [-0.2, 0) is 0 Å². The van der Waals surface area contributed by atoms with Crippen LogP contribution in [0.3, 0.4) is 0 Å². The average molecular weight is 172 g/mol. The molecule has 0 aliphatic heterocycles. The quantitative estimate of drug-likeness (QED) is 0.686. The van der Waals surface area contributed by atoms with Gasteiger partial charge >= 0.3 is 0 Å². The molecule has 0 aromatic carbocycles. The Morgan fingerprint density at radius 3 is 2.82 bits per heavy atom. The number of pyridine rings is 1. The van der Waals surface area contributed by atoms with Gasteiger partial charge in [0.1, 0.15) is 0 Å². The Morgan fingerprint density at radius 2 is 2.27 bits per heavy atom. The third-order valence-electron chi connectivity index (χ3n) is 1.09. The fraction of sp³-hybridized carbons (Fsp3) is 0.286. The first kappa shape index (κ1) is 8.30. The van der Waals surface area contributed by atoms with E-state index in [4.69, 9.17) is 11.6 Å². The first-order chi connectivity index (χ1) is 5.20. The smallest absolute Gasteiger partial charge is 0.159 e. The number of nitrogens with zero attached hydrogens (tertiary/aromatic N) is 2. The van der Waals surface area contributed by atoms with Crippen molar-refractivity contribution in [2.75, 3.05) is 19.5 Å². The van der Waals surface area contributed by atoms with Gasteiger partial charge in [0.05, 0.1) is 5.02 Å². The summed E-state index contributed by atoms with van der Waals surface area (Å²) in [5.41, 5.74) is 2.96. The molecule has 0 aliphatic carbocycles. The lowest BCUT2D eigenvalue weighted by atomic mass is 10.5. The molecule has 1 aromatic rings. The lowest BCUT2D eigenvalue weighted by Gasteiger charge is -2.12. The maximum atomic E-state index is 5.82. The van der Waals surface area contributed by atoms with Gasteiger partial charge in [-0.25, -0.2) is 9.99 Å². The van der Waals surface area contributed by atoms with Crippen LogP contribution in [0, 0.1) is 0 Å². The minimum Gasteiger partial charge on any atom is -0.302 e. The molecule has 0 unspecified atom stereocenters. The molecule has 4 heteroatoms. The summed E-state index contributed by atoms with van der Waals surface area (Å²) < 4.78 is 0. The Morgan fingerprint density at radius 1 is 1.55 bits per heavy atom. The van der Waals surface area contributed by atoms with Crippen molar-refractivity contribution < 1.29 is 0 Å².